The molecular weight excluding hydrogens is 446 g/mol. The average molecular weight is 468 g/mol. The van der Waals surface area contributed by atoms with Gasteiger partial charge in [-0.1, -0.05) is 29.8 Å². The standard InChI is InChI=1S/C24H22ClN3O3S/c1-14-3-4-15(2)19(9-14)31-23-8-5-16(13-27-23)12-26-22(29)11-21-24(30)28-18-10-17(25)6-7-20(18)32-21/h3-10,13,21H,11-12H2,1-2H3,(H,26,29)(H,28,30). The van der Waals surface area contributed by atoms with Gasteiger partial charge in [-0.25, -0.2) is 4.98 Å². The molecule has 164 valence electrons. The molecular formula is C24H22ClN3O3S. The van der Waals surface area contributed by atoms with Crippen molar-refractivity contribution < 1.29 is 14.3 Å². The molecule has 1 aliphatic rings. The number of pyridine rings is 1. The van der Waals surface area contributed by atoms with Crippen LogP contribution in [0.3, 0.4) is 0 Å². The first kappa shape index (κ1) is 22.2. The van der Waals surface area contributed by atoms with Crippen molar-refractivity contribution >= 4 is 40.9 Å². The van der Waals surface area contributed by atoms with Crippen LogP contribution in [-0.2, 0) is 16.1 Å². The van der Waals surface area contributed by atoms with E-state index in [1.165, 1.54) is 11.8 Å². The summed E-state index contributed by atoms with van der Waals surface area (Å²) < 4.78 is 5.87. The van der Waals surface area contributed by atoms with Crippen LogP contribution >= 0.6 is 23.4 Å². The number of thioether (sulfide) groups is 1. The fraction of sp³-hybridized carbons (Fsp3) is 0.208. The molecule has 1 aliphatic heterocycles. The van der Waals surface area contributed by atoms with Gasteiger partial charge in [0.25, 0.3) is 0 Å². The molecule has 0 radical (unpaired) electrons. The Bertz CT molecular complexity index is 1170. The van der Waals surface area contributed by atoms with Crippen LogP contribution in [-0.4, -0.2) is 22.0 Å². The van der Waals surface area contributed by atoms with Gasteiger partial charge < -0.3 is 15.4 Å². The molecule has 4 rings (SSSR count). The van der Waals surface area contributed by atoms with Gasteiger partial charge >= 0.3 is 0 Å². The highest BCUT2D eigenvalue weighted by molar-refractivity contribution is 8.01. The van der Waals surface area contributed by atoms with Crippen molar-refractivity contribution in [3.8, 4) is 11.6 Å². The molecule has 0 bridgehead atoms. The lowest BCUT2D eigenvalue weighted by atomic mass is 10.1. The number of carbonyl (C=O) groups excluding carboxylic acids is 2. The fourth-order valence-electron chi connectivity index (χ4n) is 3.20. The van der Waals surface area contributed by atoms with Crippen molar-refractivity contribution in [3.63, 3.8) is 0 Å². The number of carbonyl (C=O) groups is 2. The maximum Gasteiger partial charge on any atom is 0.238 e. The number of hydrogen-bond acceptors (Lipinski definition) is 5. The quantitative estimate of drug-likeness (QED) is 0.516. The van der Waals surface area contributed by atoms with Gasteiger partial charge in [-0.3, -0.25) is 9.59 Å². The van der Waals surface area contributed by atoms with E-state index in [4.69, 9.17) is 16.3 Å². The van der Waals surface area contributed by atoms with Gasteiger partial charge in [0, 0.05) is 35.1 Å². The number of hydrogen-bond donors (Lipinski definition) is 2. The highest BCUT2D eigenvalue weighted by Crippen LogP contribution is 2.38. The predicted octanol–water partition coefficient (Wildman–Crippen LogP) is 5.26. The second-order valence-electron chi connectivity index (χ2n) is 7.59. The van der Waals surface area contributed by atoms with E-state index in [0.29, 0.717) is 23.1 Å². The summed E-state index contributed by atoms with van der Waals surface area (Å²) in [5.41, 5.74) is 3.66. The van der Waals surface area contributed by atoms with Gasteiger partial charge in [-0.05, 0) is 54.8 Å². The van der Waals surface area contributed by atoms with E-state index in [2.05, 4.69) is 15.6 Å². The van der Waals surface area contributed by atoms with Crippen molar-refractivity contribution in [2.24, 2.45) is 0 Å². The number of nitrogens with one attached hydrogen (secondary N) is 2. The maximum atomic E-state index is 12.4. The lowest BCUT2D eigenvalue weighted by Crippen LogP contribution is -2.34. The zero-order valence-corrected chi connectivity index (χ0v) is 19.2. The highest BCUT2D eigenvalue weighted by atomic mass is 35.5. The van der Waals surface area contributed by atoms with Gasteiger partial charge in [0.1, 0.15) is 5.75 Å². The SMILES string of the molecule is Cc1ccc(C)c(Oc2ccc(CNC(=O)CC3Sc4ccc(Cl)cc4NC3=O)cn2)c1. The number of halogens is 1. The molecule has 2 amide bonds. The van der Waals surface area contributed by atoms with E-state index >= 15 is 0 Å². The minimum Gasteiger partial charge on any atom is -0.439 e. The molecule has 0 fully saturated rings. The summed E-state index contributed by atoms with van der Waals surface area (Å²) in [5, 5.41) is 5.73. The molecule has 0 saturated heterocycles. The van der Waals surface area contributed by atoms with Gasteiger partial charge in [-0.2, -0.15) is 0 Å². The van der Waals surface area contributed by atoms with Crippen LogP contribution in [0.15, 0.2) is 59.6 Å². The van der Waals surface area contributed by atoms with E-state index in [1.807, 2.05) is 44.2 Å². The Morgan fingerprint density at radius 1 is 1.19 bits per heavy atom. The molecule has 2 N–H and O–H groups in total. The molecule has 0 aliphatic carbocycles. The zero-order chi connectivity index (χ0) is 22.7. The number of amides is 2. The average Bonchev–Trinajstić information content (AvgIpc) is 2.76. The molecule has 2 aromatic carbocycles. The van der Waals surface area contributed by atoms with Crippen molar-refractivity contribution in [1.29, 1.82) is 0 Å². The normalized spacial score (nSPS) is 15.0. The third-order valence-corrected chi connectivity index (χ3v) is 6.49. The van der Waals surface area contributed by atoms with Crippen LogP contribution in [0.4, 0.5) is 5.69 Å². The predicted molar refractivity (Wildman–Crippen MR) is 126 cm³/mol. The van der Waals surface area contributed by atoms with Crippen molar-refractivity contribution in [1.82, 2.24) is 10.3 Å². The second-order valence-corrected chi connectivity index (χ2v) is 9.27. The van der Waals surface area contributed by atoms with Gasteiger partial charge in [0.05, 0.1) is 10.9 Å². The number of fused-ring (bicyclic) bond motifs is 1. The Morgan fingerprint density at radius 2 is 2.03 bits per heavy atom. The minimum absolute atomic E-state index is 0.0832. The van der Waals surface area contributed by atoms with Gasteiger partial charge in [0.15, 0.2) is 0 Å². The summed E-state index contributed by atoms with van der Waals surface area (Å²) in [7, 11) is 0. The Labute approximate surface area is 195 Å². The summed E-state index contributed by atoms with van der Waals surface area (Å²) in [4.78, 5) is 30.0. The van der Waals surface area contributed by atoms with Crippen molar-refractivity contribution in [3.05, 3.63) is 76.4 Å². The van der Waals surface area contributed by atoms with Crippen LogP contribution in [0, 0.1) is 13.8 Å². The molecule has 1 atom stereocenters. The summed E-state index contributed by atoms with van der Waals surface area (Å²) in [6.07, 6.45) is 1.75. The maximum absolute atomic E-state index is 12.4. The zero-order valence-electron chi connectivity index (χ0n) is 17.6. The van der Waals surface area contributed by atoms with E-state index in [1.54, 1.807) is 24.4 Å². The largest absolute Gasteiger partial charge is 0.439 e. The van der Waals surface area contributed by atoms with Crippen LogP contribution in [0.25, 0.3) is 0 Å². The number of aromatic nitrogens is 1. The Kier molecular flexibility index (Phi) is 6.67. The topological polar surface area (TPSA) is 80.3 Å². The third kappa shape index (κ3) is 5.41. The van der Waals surface area contributed by atoms with Crippen molar-refractivity contribution in [2.75, 3.05) is 5.32 Å². The summed E-state index contributed by atoms with van der Waals surface area (Å²) in [6.45, 7) is 4.31. The molecule has 1 aromatic heterocycles. The van der Waals surface area contributed by atoms with E-state index < -0.39 is 5.25 Å². The summed E-state index contributed by atoms with van der Waals surface area (Å²) in [6, 6.07) is 15.0. The highest BCUT2D eigenvalue weighted by Gasteiger charge is 2.29. The number of aryl methyl sites for hydroxylation is 2. The summed E-state index contributed by atoms with van der Waals surface area (Å²) in [5.74, 6) is 0.855. The first-order chi connectivity index (χ1) is 15.4. The first-order valence-corrected chi connectivity index (χ1v) is 11.4. The van der Waals surface area contributed by atoms with E-state index in [0.717, 1.165) is 27.3 Å². The molecule has 2 heterocycles. The van der Waals surface area contributed by atoms with Gasteiger partial charge in [0.2, 0.25) is 17.7 Å². The van der Waals surface area contributed by atoms with E-state index in [-0.39, 0.29) is 18.2 Å². The molecule has 6 nitrogen and oxygen atoms in total. The van der Waals surface area contributed by atoms with Crippen LogP contribution in [0.1, 0.15) is 23.1 Å². The van der Waals surface area contributed by atoms with Crippen LogP contribution in [0.5, 0.6) is 11.6 Å². The molecule has 3 aromatic rings. The summed E-state index contributed by atoms with van der Waals surface area (Å²) >= 11 is 7.34. The fourth-order valence-corrected chi connectivity index (χ4v) is 4.47. The first-order valence-electron chi connectivity index (χ1n) is 10.1. The van der Waals surface area contributed by atoms with E-state index in [9.17, 15) is 9.59 Å². The molecule has 8 heteroatoms. The number of anilines is 1. The molecule has 1 unspecified atom stereocenters. The Morgan fingerprint density at radius 3 is 2.81 bits per heavy atom. The monoisotopic (exact) mass is 467 g/mol. The molecule has 32 heavy (non-hydrogen) atoms. The second kappa shape index (κ2) is 9.63. The van der Waals surface area contributed by atoms with Crippen LogP contribution < -0.4 is 15.4 Å². The van der Waals surface area contributed by atoms with Crippen molar-refractivity contribution in [2.45, 2.75) is 37.0 Å². The Hall–Kier alpha value is -3.03. The molecule has 0 spiro atoms. The third-order valence-electron chi connectivity index (χ3n) is 4.98. The minimum atomic E-state index is -0.491. The van der Waals surface area contributed by atoms with Crippen LogP contribution in [0.2, 0.25) is 5.02 Å². The smallest absolute Gasteiger partial charge is 0.238 e. The van der Waals surface area contributed by atoms with Gasteiger partial charge in [-0.15, -0.1) is 11.8 Å². The Balaban J connectivity index is 1.30. The lowest BCUT2D eigenvalue weighted by molar-refractivity contribution is -0.124. The number of rotatable bonds is 6. The number of ether oxygens (including phenoxy) is 1. The number of benzene rings is 2. The molecule has 0 saturated carbocycles. The number of nitrogens with zero attached hydrogens (tertiary/aromatic N) is 1. The lowest BCUT2D eigenvalue weighted by Gasteiger charge is -2.23.